The van der Waals surface area contributed by atoms with Crippen molar-refractivity contribution in [1.82, 2.24) is 4.90 Å². The topological polar surface area (TPSA) is 3.24 Å². The molecule has 1 heterocycles. The first-order valence-electron chi connectivity index (χ1n) is 5.33. The van der Waals surface area contributed by atoms with Crippen LogP contribution in [0.15, 0.2) is 22.6 Å². The Morgan fingerprint density at radius 1 is 1.50 bits per heavy atom. The van der Waals surface area contributed by atoms with Gasteiger partial charge < -0.3 is 4.90 Å². The van der Waals surface area contributed by atoms with Crippen molar-refractivity contribution >= 4 is 11.8 Å². The van der Waals surface area contributed by atoms with Crippen molar-refractivity contribution in [3.63, 3.8) is 0 Å². The van der Waals surface area contributed by atoms with Gasteiger partial charge in [-0.3, -0.25) is 0 Å². The highest BCUT2D eigenvalue weighted by Gasteiger charge is 2.16. The van der Waals surface area contributed by atoms with E-state index in [-0.39, 0.29) is 0 Å². The van der Waals surface area contributed by atoms with Gasteiger partial charge in [0.15, 0.2) is 0 Å². The van der Waals surface area contributed by atoms with Crippen molar-refractivity contribution in [1.29, 1.82) is 0 Å². The first-order valence-corrected chi connectivity index (χ1v) is 6.21. The molecule has 1 rings (SSSR count). The van der Waals surface area contributed by atoms with Crippen molar-refractivity contribution in [2.24, 2.45) is 5.92 Å². The summed E-state index contributed by atoms with van der Waals surface area (Å²) in [5.74, 6) is 0.827. The van der Waals surface area contributed by atoms with Gasteiger partial charge in [0, 0.05) is 13.1 Å². The molecule has 1 aliphatic rings. The molecule has 0 aromatic carbocycles. The Bertz CT molecular complexity index is 228. The standard InChI is InChI=1S/C12H21NS/c1-10(2)9-14-12(4)13-7-5-6-11(3)8-13/h9,11H,4-8H2,1-3H3. The van der Waals surface area contributed by atoms with Gasteiger partial charge >= 0.3 is 0 Å². The third kappa shape index (κ3) is 3.79. The minimum absolute atomic E-state index is 0.827. The number of allylic oxidation sites excluding steroid dienone is 1. The van der Waals surface area contributed by atoms with Gasteiger partial charge in [-0.2, -0.15) is 0 Å². The molecule has 0 spiro atoms. The summed E-state index contributed by atoms with van der Waals surface area (Å²) in [6.45, 7) is 13.1. The third-order valence-corrected chi connectivity index (χ3v) is 3.56. The number of thioether (sulfide) groups is 1. The summed E-state index contributed by atoms with van der Waals surface area (Å²) in [6.07, 6.45) is 2.69. The predicted octanol–water partition coefficient (Wildman–Crippen LogP) is 3.85. The van der Waals surface area contributed by atoms with Crippen LogP contribution in [0.25, 0.3) is 0 Å². The van der Waals surface area contributed by atoms with Crippen molar-refractivity contribution < 1.29 is 0 Å². The van der Waals surface area contributed by atoms with Crippen LogP contribution in [0.4, 0.5) is 0 Å². The summed E-state index contributed by atoms with van der Waals surface area (Å²) >= 11 is 1.76. The zero-order chi connectivity index (χ0) is 10.6. The van der Waals surface area contributed by atoms with E-state index in [4.69, 9.17) is 0 Å². The lowest BCUT2D eigenvalue weighted by atomic mass is 10.0. The van der Waals surface area contributed by atoms with Crippen LogP contribution in [-0.2, 0) is 0 Å². The van der Waals surface area contributed by atoms with Crippen LogP contribution in [-0.4, -0.2) is 18.0 Å². The maximum atomic E-state index is 4.13. The molecular formula is C12H21NS. The second-order valence-corrected chi connectivity index (χ2v) is 5.34. The highest BCUT2D eigenvalue weighted by Crippen LogP contribution is 2.26. The summed E-state index contributed by atoms with van der Waals surface area (Å²) in [6, 6.07) is 0. The summed E-state index contributed by atoms with van der Waals surface area (Å²) in [4.78, 5) is 2.41. The zero-order valence-electron chi connectivity index (χ0n) is 9.55. The van der Waals surface area contributed by atoms with E-state index in [2.05, 4.69) is 37.7 Å². The van der Waals surface area contributed by atoms with Gasteiger partial charge in [0.2, 0.25) is 0 Å². The van der Waals surface area contributed by atoms with E-state index in [1.54, 1.807) is 11.8 Å². The van der Waals surface area contributed by atoms with Crippen LogP contribution < -0.4 is 0 Å². The molecule has 0 radical (unpaired) electrons. The van der Waals surface area contributed by atoms with Gasteiger partial charge in [0.25, 0.3) is 0 Å². The molecule has 0 aliphatic carbocycles. The lowest BCUT2D eigenvalue weighted by Gasteiger charge is -2.33. The quantitative estimate of drug-likeness (QED) is 0.697. The van der Waals surface area contributed by atoms with Crippen LogP contribution in [0.5, 0.6) is 0 Å². The fourth-order valence-electron chi connectivity index (χ4n) is 1.68. The van der Waals surface area contributed by atoms with Gasteiger partial charge in [-0.05, 0) is 38.0 Å². The zero-order valence-corrected chi connectivity index (χ0v) is 10.4. The molecule has 0 N–H and O–H groups in total. The largest absolute Gasteiger partial charge is 0.366 e. The molecule has 0 aromatic heterocycles. The van der Waals surface area contributed by atoms with Crippen molar-refractivity contribution in [3.05, 3.63) is 22.6 Å². The van der Waals surface area contributed by atoms with Crippen molar-refractivity contribution in [3.8, 4) is 0 Å². The summed E-state index contributed by atoms with van der Waals surface area (Å²) < 4.78 is 0. The minimum Gasteiger partial charge on any atom is -0.366 e. The van der Waals surface area contributed by atoms with Gasteiger partial charge in [-0.25, -0.2) is 0 Å². The smallest absolute Gasteiger partial charge is 0.0676 e. The fourth-order valence-corrected chi connectivity index (χ4v) is 2.36. The highest BCUT2D eigenvalue weighted by molar-refractivity contribution is 8.05. The molecule has 0 saturated carbocycles. The van der Waals surface area contributed by atoms with E-state index >= 15 is 0 Å². The van der Waals surface area contributed by atoms with E-state index < -0.39 is 0 Å². The Morgan fingerprint density at radius 3 is 2.79 bits per heavy atom. The molecule has 1 fully saturated rings. The molecule has 1 saturated heterocycles. The molecule has 0 aromatic rings. The second kappa shape index (κ2) is 5.50. The molecule has 0 amide bonds. The number of hydrogen-bond acceptors (Lipinski definition) is 2. The third-order valence-electron chi connectivity index (χ3n) is 2.44. The van der Waals surface area contributed by atoms with Gasteiger partial charge in [0.05, 0.1) is 5.03 Å². The minimum atomic E-state index is 0.827. The van der Waals surface area contributed by atoms with Crippen LogP contribution in [0.1, 0.15) is 33.6 Å². The van der Waals surface area contributed by atoms with E-state index in [1.807, 2.05) is 0 Å². The van der Waals surface area contributed by atoms with Crippen LogP contribution in [0.2, 0.25) is 0 Å². The molecular weight excluding hydrogens is 190 g/mol. The van der Waals surface area contributed by atoms with Crippen molar-refractivity contribution in [2.45, 2.75) is 33.6 Å². The second-order valence-electron chi connectivity index (χ2n) is 4.40. The monoisotopic (exact) mass is 211 g/mol. The maximum absolute atomic E-state index is 4.13. The Labute approximate surface area is 92.3 Å². The molecule has 2 heteroatoms. The van der Waals surface area contributed by atoms with Crippen LogP contribution >= 0.6 is 11.8 Å². The first-order chi connectivity index (χ1) is 6.59. The first kappa shape index (κ1) is 11.7. The normalized spacial score (nSPS) is 21.9. The molecule has 14 heavy (non-hydrogen) atoms. The molecule has 1 unspecified atom stereocenters. The Kier molecular flexibility index (Phi) is 4.59. The number of nitrogens with zero attached hydrogens (tertiary/aromatic N) is 1. The Hall–Kier alpha value is -0.370. The van der Waals surface area contributed by atoms with Gasteiger partial charge in [0.1, 0.15) is 0 Å². The molecule has 80 valence electrons. The van der Waals surface area contributed by atoms with Gasteiger partial charge in [-0.1, -0.05) is 30.8 Å². The summed E-state index contributed by atoms with van der Waals surface area (Å²) in [5, 5.41) is 3.39. The highest BCUT2D eigenvalue weighted by atomic mass is 32.2. The van der Waals surface area contributed by atoms with E-state index in [0.29, 0.717) is 0 Å². The number of likely N-dealkylation sites (tertiary alicyclic amines) is 1. The fraction of sp³-hybridized carbons (Fsp3) is 0.667. The van der Waals surface area contributed by atoms with E-state index in [9.17, 15) is 0 Å². The van der Waals surface area contributed by atoms with Crippen LogP contribution in [0, 0.1) is 5.92 Å². The Balaban J connectivity index is 2.40. The average Bonchev–Trinajstić information content (AvgIpc) is 2.14. The number of piperidine rings is 1. The lowest BCUT2D eigenvalue weighted by molar-refractivity contribution is 0.243. The predicted molar refractivity (Wildman–Crippen MR) is 66.1 cm³/mol. The van der Waals surface area contributed by atoms with Gasteiger partial charge in [-0.15, -0.1) is 0 Å². The average molecular weight is 211 g/mol. The molecule has 1 aliphatic heterocycles. The Morgan fingerprint density at radius 2 is 2.21 bits per heavy atom. The summed E-state index contributed by atoms with van der Waals surface area (Å²) in [7, 11) is 0. The lowest BCUT2D eigenvalue weighted by Crippen LogP contribution is -2.32. The SMILES string of the molecule is C=C(SC=C(C)C)N1CCCC(C)C1. The van der Waals surface area contributed by atoms with E-state index in [1.165, 1.54) is 36.5 Å². The van der Waals surface area contributed by atoms with E-state index in [0.717, 1.165) is 5.92 Å². The molecule has 1 nitrogen and oxygen atoms in total. The van der Waals surface area contributed by atoms with Crippen molar-refractivity contribution in [2.75, 3.05) is 13.1 Å². The molecule has 1 atom stereocenters. The summed E-state index contributed by atoms with van der Waals surface area (Å²) in [5.41, 5.74) is 1.35. The number of rotatable bonds is 3. The van der Waals surface area contributed by atoms with Crippen LogP contribution in [0.3, 0.4) is 0 Å². The maximum Gasteiger partial charge on any atom is 0.0676 e. The molecule has 0 bridgehead atoms. The number of hydrogen-bond donors (Lipinski definition) is 0.